The van der Waals surface area contributed by atoms with Crippen molar-refractivity contribution in [1.29, 1.82) is 0 Å². The van der Waals surface area contributed by atoms with Crippen molar-refractivity contribution >= 4 is 11.8 Å². The molecule has 0 aromatic carbocycles. The van der Waals surface area contributed by atoms with Gasteiger partial charge in [0.25, 0.3) is 0 Å². The molecule has 0 aromatic heterocycles. The van der Waals surface area contributed by atoms with Gasteiger partial charge in [-0.25, -0.2) is 0 Å². The van der Waals surface area contributed by atoms with Crippen LogP contribution in [0.4, 0.5) is 0 Å². The minimum Gasteiger partial charge on any atom is -0.466 e. The Labute approximate surface area is 79.5 Å². The number of ether oxygens (including phenoxy) is 1. The Morgan fingerprint density at radius 2 is 1.85 bits per heavy atom. The zero-order chi connectivity index (χ0) is 10.1. The van der Waals surface area contributed by atoms with Crippen molar-refractivity contribution in [2.75, 3.05) is 6.61 Å². The Morgan fingerprint density at radius 1 is 1.15 bits per heavy atom. The zero-order valence-corrected chi connectivity index (χ0v) is 8.47. The Bertz CT molecular complexity index is 164. The molecule has 0 aliphatic rings. The predicted molar refractivity (Wildman–Crippen MR) is 50.4 cm³/mol. The average molecular weight is 186 g/mol. The molecule has 0 N–H and O–H groups in total. The summed E-state index contributed by atoms with van der Waals surface area (Å²) in [7, 11) is 0. The highest BCUT2D eigenvalue weighted by atomic mass is 16.5. The first kappa shape index (κ1) is 12.1. The lowest BCUT2D eigenvalue weighted by Gasteiger charge is -2.01. The molecule has 0 aromatic rings. The van der Waals surface area contributed by atoms with Crippen molar-refractivity contribution in [2.24, 2.45) is 0 Å². The van der Waals surface area contributed by atoms with Crippen LogP contribution in [-0.2, 0) is 14.3 Å². The van der Waals surface area contributed by atoms with E-state index < -0.39 is 0 Å². The first-order valence-electron chi connectivity index (χ1n) is 4.88. The second-order valence-corrected chi connectivity index (χ2v) is 2.97. The molecule has 3 heteroatoms. The van der Waals surface area contributed by atoms with Gasteiger partial charge in [0, 0.05) is 19.3 Å². The van der Waals surface area contributed by atoms with E-state index in [4.69, 9.17) is 4.74 Å². The fourth-order valence-electron chi connectivity index (χ4n) is 0.895. The maximum atomic E-state index is 10.9. The van der Waals surface area contributed by atoms with Crippen molar-refractivity contribution < 1.29 is 14.3 Å². The quantitative estimate of drug-likeness (QED) is 0.572. The number of ketones is 1. The third kappa shape index (κ3) is 7.50. The molecule has 0 aliphatic carbocycles. The fourth-order valence-corrected chi connectivity index (χ4v) is 0.895. The highest BCUT2D eigenvalue weighted by molar-refractivity contribution is 5.78. The van der Waals surface area contributed by atoms with Crippen LogP contribution in [0.1, 0.15) is 46.0 Å². The summed E-state index contributed by atoms with van der Waals surface area (Å²) < 4.78 is 4.86. The number of Topliss-reactive ketones (excluding diaryl/α,β-unsaturated/α-hetero) is 1. The molecule has 0 radical (unpaired) electrons. The molecule has 0 fully saturated rings. The summed E-state index contributed by atoms with van der Waals surface area (Å²) in [6.45, 7) is 4.27. The summed E-state index contributed by atoms with van der Waals surface area (Å²) in [4.78, 5) is 21.8. The van der Waals surface area contributed by atoms with Crippen molar-refractivity contribution in [1.82, 2.24) is 0 Å². The highest BCUT2D eigenvalue weighted by Crippen LogP contribution is 2.00. The topological polar surface area (TPSA) is 43.4 Å². The van der Waals surface area contributed by atoms with E-state index in [0.29, 0.717) is 32.3 Å². The van der Waals surface area contributed by atoms with Gasteiger partial charge >= 0.3 is 5.97 Å². The van der Waals surface area contributed by atoms with Gasteiger partial charge in [0.1, 0.15) is 5.78 Å². The lowest BCUT2D eigenvalue weighted by atomic mass is 10.1. The molecule has 0 aliphatic heterocycles. The highest BCUT2D eigenvalue weighted by Gasteiger charge is 2.03. The lowest BCUT2D eigenvalue weighted by molar-refractivity contribution is -0.143. The van der Waals surface area contributed by atoms with Crippen LogP contribution in [-0.4, -0.2) is 18.4 Å². The predicted octanol–water partition coefficient (Wildman–Crippen LogP) is 2.09. The van der Waals surface area contributed by atoms with Crippen molar-refractivity contribution in [3.8, 4) is 0 Å². The van der Waals surface area contributed by atoms with Gasteiger partial charge in [-0.3, -0.25) is 9.59 Å². The van der Waals surface area contributed by atoms with Gasteiger partial charge in [-0.15, -0.1) is 0 Å². The molecular weight excluding hydrogens is 168 g/mol. The molecule has 0 amide bonds. The van der Waals surface area contributed by atoms with Crippen molar-refractivity contribution in [2.45, 2.75) is 46.0 Å². The Hall–Kier alpha value is -0.860. The number of carbonyl (C=O) groups excluding carboxylic acids is 2. The first-order valence-corrected chi connectivity index (χ1v) is 4.88. The van der Waals surface area contributed by atoms with Gasteiger partial charge in [0.15, 0.2) is 0 Å². The largest absolute Gasteiger partial charge is 0.466 e. The number of rotatable bonds is 7. The fraction of sp³-hybridized carbons (Fsp3) is 0.800. The summed E-state index contributed by atoms with van der Waals surface area (Å²) in [6.07, 6.45) is 2.89. The molecule has 0 rings (SSSR count). The third-order valence-electron chi connectivity index (χ3n) is 1.70. The van der Waals surface area contributed by atoms with Gasteiger partial charge in [0.05, 0.1) is 6.61 Å². The summed E-state index contributed by atoms with van der Waals surface area (Å²) in [5, 5.41) is 0. The second-order valence-electron chi connectivity index (χ2n) is 2.97. The number of esters is 1. The molecule has 0 saturated heterocycles. The van der Waals surface area contributed by atoms with Crippen LogP contribution < -0.4 is 0 Å². The minimum atomic E-state index is -0.189. The van der Waals surface area contributed by atoms with Crippen LogP contribution in [0.25, 0.3) is 0 Å². The van der Waals surface area contributed by atoms with Gasteiger partial charge in [-0.1, -0.05) is 13.8 Å². The van der Waals surface area contributed by atoms with Crippen molar-refractivity contribution in [3.63, 3.8) is 0 Å². The normalized spacial score (nSPS) is 9.69. The van der Waals surface area contributed by atoms with E-state index in [1.54, 1.807) is 0 Å². The number of hydrogen-bond acceptors (Lipinski definition) is 3. The van der Waals surface area contributed by atoms with Gasteiger partial charge in [0.2, 0.25) is 0 Å². The monoisotopic (exact) mass is 186 g/mol. The van der Waals surface area contributed by atoms with Crippen LogP contribution in [0.3, 0.4) is 0 Å². The Balaban J connectivity index is 3.31. The molecule has 0 unspecified atom stereocenters. The summed E-state index contributed by atoms with van der Waals surface area (Å²) in [6, 6.07) is 0. The third-order valence-corrected chi connectivity index (χ3v) is 1.70. The molecule has 3 nitrogen and oxygen atoms in total. The number of carbonyl (C=O) groups is 2. The maximum absolute atomic E-state index is 10.9. The van der Waals surface area contributed by atoms with Gasteiger partial charge in [-0.2, -0.15) is 0 Å². The number of hydrogen-bond donors (Lipinski definition) is 0. The van der Waals surface area contributed by atoms with Crippen molar-refractivity contribution in [3.05, 3.63) is 0 Å². The van der Waals surface area contributed by atoms with Crippen LogP contribution in [0.15, 0.2) is 0 Å². The molecule has 0 atom stereocenters. The Morgan fingerprint density at radius 3 is 2.38 bits per heavy atom. The molecule has 13 heavy (non-hydrogen) atoms. The van der Waals surface area contributed by atoms with E-state index in [1.807, 2.05) is 13.8 Å². The SMILES string of the molecule is CCCOC(=O)CCCC(=O)CC. The summed E-state index contributed by atoms with van der Waals surface area (Å²) in [5.74, 6) is 0.0223. The Kier molecular flexibility index (Phi) is 7.26. The van der Waals surface area contributed by atoms with Crippen LogP contribution >= 0.6 is 0 Å². The summed E-state index contributed by atoms with van der Waals surface area (Å²) in [5.41, 5.74) is 0. The van der Waals surface area contributed by atoms with Crippen LogP contribution in [0.2, 0.25) is 0 Å². The molecule has 0 saturated carbocycles. The molecule has 76 valence electrons. The van der Waals surface area contributed by atoms with Crippen LogP contribution in [0, 0.1) is 0 Å². The van der Waals surface area contributed by atoms with E-state index >= 15 is 0 Å². The van der Waals surface area contributed by atoms with Gasteiger partial charge < -0.3 is 4.74 Å². The van der Waals surface area contributed by atoms with E-state index in [0.717, 1.165) is 6.42 Å². The van der Waals surface area contributed by atoms with E-state index in [2.05, 4.69) is 0 Å². The van der Waals surface area contributed by atoms with E-state index in [-0.39, 0.29) is 11.8 Å². The molecule has 0 heterocycles. The molecular formula is C10H18O3. The lowest BCUT2D eigenvalue weighted by Crippen LogP contribution is -2.06. The smallest absolute Gasteiger partial charge is 0.305 e. The molecule has 0 spiro atoms. The zero-order valence-electron chi connectivity index (χ0n) is 8.47. The van der Waals surface area contributed by atoms with Gasteiger partial charge in [-0.05, 0) is 12.8 Å². The average Bonchev–Trinajstić information content (AvgIpc) is 2.14. The van der Waals surface area contributed by atoms with E-state index in [9.17, 15) is 9.59 Å². The minimum absolute atomic E-state index is 0.189. The maximum Gasteiger partial charge on any atom is 0.305 e. The van der Waals surface area contributed by atoms with E-state index in [1.165, 1.54) is 0 Å². The first-order chi connectivity index (χ1) is 6.20. The molecule has 0 bridgehead atoms. The van der Waals surface area contributed by atoms with Crippen LogP contribution in [0.5, 0.6) is 0 Å². The standard InChI is InChI=1S/C10H18O3/c1-3-8-13-10(12)7-5-6-9(11)4-2/h3-8H2,1-2H3. The summed E-state index contributed by atoms with van der Waals surface area (Å²) >= 11 is 0. The second kappa shape index (κ2) is 7.77.